The third-order valence-corrected chi connectivity index (χ3v) is 5.95. The van der Waals surface area contributed by atoms with Gasteiger partial charge in [0.25, 0.3) is 11.8 Å². The van der Waals surface area contributed by atoms with E-state index in [2.05, 4.69) is 16.0 Å². The maximum atomic E-state index is 14.8. The van der Waals surface area contributed by atoms with Gasteiger partial charge in [-0.3, -0.25) is 14.4 Å². The summed E-state index contributed by atoms with van der Waals surface area (Å²) in [6.45, 7) is 3.48. The average Bonchev–Trinajstić information content (AvgIpc) is 3.24. The number of amides is 4. The molecule has 3 N–H and O–H groups in total. The molecule has 1 aliphatic rings. The van der Waals surface area contributed by atoms with E-state index in [0.29, 0.717) is 21.5 Å². The van der Waals surface area contributed by atoms with Crippen LogP contribution in [0.4, 0.5) is 20.6 Å². The van der Waals surface area contributed by atoms with Gasteiger partial charge in [-0.05, 0) is 44.2 Å². The molecule has 0 spiro atoms. The van der Waals surface area contributed by atoms with E-state index in [0.717, 1.165) is 17.4 Å². The summed E-state index contributed by atoms with van der Waals surface area (Å²) in [5.74, 6) is -2.37. The molecule has 2 heterocycles. The van der Waals surface area contributed by atoms with E-state index in [4.69, 9.17) is 21.1 Å². The summed E-state index contributed by atoms with van der Waals surface area (Å²) in [4.78, 5) is 51.0. The molecule has 1 aromatic carbocycles. The Morgan fingerprint density at radius 3 is 2.66 bits per heavy atom. The number of morpholine rings is 1. The fourth-order valence-electron chi connectivity index (χ4n) is 3.10. The van der Waals surface area contributed by atoms with Crippen LogP contribution in [0.2, 0.25) is 4.34 Å². The Balaban J connectivity index is 1.70. The monoisotopic (exact) mass is 526 g/mol. The first kappa shape index (κ1) is 26.4. The number of carbonyl (C=O) groups is 4. The van der Waals surface area contributed by atoms with E-state index in [1.165, 1.54) is 23.1 Å². The number of hydrogen-bond donors (Lipinski definition) is 3. The predicted molar refractivity (Wildman–Crippen MR) is 128 cm³/mol. The van der Waals surface area contributed by atoms with Crippen LogP contribution in [0.1, 0.15) is 23.5 Å². The molecule has 188 valence electrons. The molecule has 0 unspecified atom stereocenters. The van der Waals surface area contributed by atoms with Crippen LogP contribution in [-0.4, -0.2) is 62.3 Å². The van der Waals surface area contributed by atoms with Gasteiger partial charge in [-0.25, -0.2) is 9.18 Å². The van der Waals surface area contributed by atoms with Crippen LogP contribution in [0.25, 0.3) is 0 Å². The van der Waals surface area contributed by atoms with E-state index in [-0.39, 0.29) is 31.3 Å². The second kappa shape index (κ2) is 12.0. The summed E-state index contributed by atoms with van der Waals surface area (Å²) < 4.78 is 25.3. The van der Waals surface area contributed by atoms with Gasteiger partial charge in [0.2, 0.25) is 5.91 Å². The molecule has 4 amide bonds. The third kappa shape index (κ3) is 7.38. The van der Waals surface area contributed by atoms with Gasteiger partial charge in [0, 0.05) is 18.8 Å². The molecule has 0 bridgehead atoms. The van der Waals surface area contributed by atoms with Gasteiger partial charge >= 0.3 is 6.09 Å². The number of halogens is 2. The van der Waals surface area contributed by atoms with E-state index < -0.39 is 35.9 Å². The Kier molecular flexibility index (Phi) is 9.01. The van der Waals surface area contributed by atoms with E-state index in [1.54, 1.807) is 19.9 Å². The van der Waals surface area contributed by atoms with Crippen LogP contribution in [0, 0.1) is 5.82 Å². The largest absolute Gasteiger partial charge is 0.447 e. The molecular formula is C22H24ClFN4O6S. The fourth-order valence-corrected chi connectivity index (χ4v) is 4.06. The van der Waals surface area contributed by atoms with E-state index in [9.17, 15) is 23.6 Å². The molecule has 0 saturated carbocycles. The van der Waals surface area contributed by atoms with Gasteiger partial charge in [-0.15, -0.1) is 11.3 Å². The van der Waals surface area contributed by atoms with Crippen molar-refractivity contribution in [2.75, 3.05) is 36.5 Å². The third-order valence-electron chi connectivity index (χ3n) is 4.72. The molecule has 1 atom stereocenters. The van der Waals surface area contributed by atoms with Crippen LogP contribution in [0.15, 0.2) is 30.3 Å². The number of rotatable bonds is 8. The first-order chi connectivity index (χ1) is 16.6. The summed E-state index contributed by atoms with van der Waals surface area (Å²) >= 11 is 6.90. The van der Waals surface area contributed by atoms with Gasteiger partial charge in [-0.1, -0.05) is 11.6 Å². The van der Waals surface area contributed by atoms with Crippen molar-refractivity contribution in [1.82, 2.24) is 10.6 Å². The first-order valence-corrected chi connectivity index (χ1v) is 11.8. The van der Waals surface area contributed by atoms with Gasteiger partial charge in [0.15, 0.2) is 0 Å². The highest BCUT2D eigenvalue weighted by molar-refractivity contribution is 7.18. The molecule has 0 radical (unpaired) electrons. The lowest BCUT2D eigenvalue weighted by atomic mass is 10.2. The van der Waals surface area contributed by atoms with E-state index in [1.807, 2.05) is 0 Å². The molecule has 1 aromatic heterocycles. The Hall–Kier alpha value is -3.22. The van der Waals surface area contributed by atoms with Gasteiger partial charge < -0.3 is 30.3 Å². The molecule has 1 fully saturated rings. The van der Waals surface area contributed by atoms with Crippen LogP contribution >= 0.6 is 22.9 Å². The lowest BCUT2D eigenvalue weighted by molar-refractivity contribution is -0.125. The highest BCUT2D eigenvalue weighted by atomic mass is 35.5. The first-order valence-electron chi connectivity index (χ1n) is 10.6. The highest BCUT2D eigenvalue weighted by Gasteiger charge is 2.25. The number of nitrogens with zero attached hydrogens (tertiary/aromatic N) is 1. The van der Waals surface area contributed by atoms with Crippen molar-refractivity contribution < 1.29 is 33.0 Å². The topological polar surface area (TPSA) is 126 Å². The summed E-state index contributed by atoms with van der Waals surface area (Å²) in [6, 6.07) is 5.71. The molecule has 35 heavy (non-hydrogen) atoms. The van der Waals surface area contributed by atoms with Crippen molar-refractivity contribution in [1.29, 1.82) is 0 Å². The number of thiophene rings is 1. The second-order valence-corrected chi connectivity index (χ2v) is 9.43. The minimum atomic E-state index is -1.28. The van der Waals surface area contributed by atoms with Crippen molar-refractivity contribution in [2.45, 2.75) is 26.0 Å². The maximum absolute atomic E-state index is 14.8. The van der Waals surface area contributed by atoms with Crippen LogP contribution in [-0.2, 0) is 19.1 Å². The van der Waals surface area contributed by atoms with Gasteiger partial charge in [0.1, 0.15) is 18.5 Å². The average molecular weight is 527 g/mol. The number of carbonyl (C=O) groups excluding carboxylic acids is 4. The van der Waals surface area contributed by atoms with Crippen molar-refractivity contribution in [3.05, 3.63) is 45.4 Å². The lowest BCUT2D eigenvalue weighted by Crippen LogP contribution is -2.51. The number of nitrogens with one attached hydrogen (secondary N) is 3. The number of hydrogen-bond acceptors (Lipinski definition) is 7. The molecule has 13 heteroatoms. The molecule has 10 nitrogen and oxygen atoms in total. The van der Waals surface area contributed by atoms with E-state index >= 15 is 0 Å². The zero-order valence-corrected chi connectivity index (χ0v) is 20.5. The Labute approximate surface area is 209 Å². The standard InChI is InChI=1S/C22H24ClFN4O6S/c1-12(2)34-22(32)27-16(10-25-21(31)17-5-6-18(23)35-17)20(30)26-15-4-3-13(9-14(15)24)28-7-8-33-11-19(28)29/h3-6,9,12,16H,7-8,10-11H2,1-2H3,(H,25,31)(H,26,30)(H,27,32)/t16-/m0/s1. The number of ether oxygens (including phenoxy) is 2. The second-order valence-electron chi connectivity index (χ2n) is 7.72. The summed E-state index contributed by atoms with van der Waals surface area (Å²) in [5, 5.41) is 7.31. The Morgan fingerprint density at radius 2 is 2.03 bits per heavy atom. The van der Waals surface area contributed by atoms with Crippen molar-refractivity contribution in [3.8, 4) is 0 Å². The smallest absolute Gasteiger partial charge is 0.408 e. The minimum absolute atomic E-state index is 0.0939. The van der Waals surface area contributed by atoms with Crippen LogP contribution in [0.5, 0.6) is 0 Å². The number of alkyl carbamates (subject to hydrolysis) is 1. The van der Waals surface area contributed by atoms with Crippen LogP contribution < -0.4 is 20.9 Å². The van der Waals surface area contributed by atoms with Crippen molar-refractivity contribution in [3.63, 3.8) is 0 Å². The fraction of sp³-hybridized carbons (Fsp3) is 0.364. The normalized spacial score (nSPS) is 14.4. The van der Waals surface area contributed by atoms with Crippen LogP contribution in [0.3, 0.4) is 0 Å². The molecule has 1 saturated heterocycles. The molecule has 3 rings (SSSR count). The van der Waals surface area contributed by atoms with Gasteiger partial charge in [-0.2, -0.15) is 0 Å². The lowest BCUT2D eigenvalue weighted by Gasteiger charge is -2.27. The predicted octanol–water partition coefficient (Wildman–Crippen LogP) is 2.78. The van der Waals surface area contributed by atoms with Crippen molar-refractivity contribution >= 4 is 58.1 Å². The summed E-state index contributed by atoms with van der Waals surface area (Å²) in [6.07, 6.45) is -1.33. The molecular weight excluding hydrogens is 503 g/mol. The molecule has 0 aliphatic carbocycles. The minimum Gasteiger partial charge on any atom is -0.447 e. The maximum Gasteiger partial charge on any atom is 0.408 e. The molecule has 1 aliphatic heterocycles. The zero-order chi connectivity index (χ0) is 25.5. The van der Waals surface area contributed by atoms with Crippen molar-refractivity contribution in [2.24, 2.45) is 0 Å². The Bertz CT molecular complexity index is 1110. The SMILES string of the molecule is CC(C)OC(=O)N[C@@H](CNC(=O)c1ccc(Cl)s1)C(=O)Nc1ccc(N2CCOCC2=O)cc1F. The Morgan fingerprint density at radius 1 is 1.26 bits per heavy atom. The quantitative estimate of drug-likeness (QED) is 0.485. The summed E-state index contributed by atoms with van der Waals surface area (Å²) in [5.41, 5.74) is 0.158. The number of anilines is 2. The van der Waals surface area contributed by atoms with Gasteiger partial charge in [0.05, 0.1) is 27.6 Å². The highest BCUT2D eigenvalue weighted by Crippen LogP contribution is 2.24. The summed E-state index contributed by atoms with van der Waals surface area (Å²) in [7, 11) is 0. The zero-order valence-electron chi connectivity index (χ0n) is 18.9. The number of benzene rings is 1. The molecule has 2 aromatic rings.